The minimum atomic E-state index is -1.14. The van der Waals surface area contributed by atoms with Crippen molar-refractivity contribution in [3.05, 3.63) is 53.6 Å². The number of carbonyl (C=O) groups excluding carboxylic acids is 3. The Bertz CT molecular complexity index is 1290. The number of aliphatic hydroxyl groups is 1. The quantitative estimate of drug-likeness (QED) is 0.277. The molecular formula is C30H36BrN3O6. The van der Waals surface area contributed by atoms with Gasteiger partial charge in [0.15, 0.2) is 0 Å². The Morgan fingerprint density at radius 1 is 1.12 bits per heavy atom. The number of aliphatic hydroxyl groups excluding tert-OH is 1. The Balaban J connectivity index is 1.45. The second-order valence-electron chi connectivity index (χ2n) is 10.9. The number of hydrogen-bond donors (Lipinski definition) is 3. The van der Waals surface area contributed by atoms with Crippen LogP contribution in [0.4, 0.5) is 11.4 Å². The second kappa shape index (κ2) is 11.5. The molecule has 5 rings (SSSR count). The number of halogens is 1. The molecule has 0 radical (unpaired) electrons. The lowest BCUT2D eigenvalue weighted by Gasteiger charge is -2.34. The molecule has 0 saturated carbocycles. The van der Waals surface area contributed by atoms with E-state index in [1.54, 1.807) is 29.2 Å². The number of amides is 3. The summed E-state index contributed by atoms with van der Waals surface area (Å²) in [6.07, 6.45) is 0.913. The lowest BCUT2D eigenvalue weighted by molar-refractivity contribution is -0.139. The Morgan fingerprint density at radius 3 is 2.58 bits per heavy atom. The van der Waals surface area contributed by atoms with Gasteiger partial charge in [-0.25, -0.2) is 0 Å². The van der Waals surface area contributed by atoms with Crippen LogP contribution < -0.4 is 15.4 Å². The van der Waals surface area contributed by atoms with Crippen LogP contribution in [-0.2, 0) is 19.1 Å². The van der Waals surface area contributed by atoms with Gasteiger partial charge in [-0.2, -0.15) is 0 Å². The number of anilines is 2. The van der Waals surface area contributed by atoms with E-state index in [0.717, 1.165) is 11.1 Å². The van der Waals surface area contributed by atoms with Crippen LogP contribution in [0.2, 0.25) is 0 Å². The SMILES string of the molecule is CCOc1ccc(NC(=O)[C@H]2[C@@H]3OC4(CC3Br)C(C(=O)Nc3cc(C)ccc3C)N(CCCCO)C(=O)[C@H]24)cc1. The van der Waals surface area contributed by atoms with E-state index in [2.05, 4.69) is 26.6 Å². The Morgan fingerprint density at radius 2 is 1.88 bits per heavy atom. The van der Waals surface area contributed by atoms with Gasteiger partial charge in [-0.1, -0.05) is 28.1 Å². The van der Waals surface area contributed by atoms with Gasteiger partial charge in [0.05, 0.1) is 24.5 Å². The number of benzene rings is 2. The molecular weight excluding hydrogens is 578 g/mol. The predicted molar refractivity (Wildman–Crippen MR) is 155 cm³/mol. The third-order valence-corrected chi connectivity index (χ3v) is 9.08. The zero-order chi connectivity index (χ0) is 28.6. The average Bonchev–Trinajstić information content (AvgIpc) is 3.51. The van der Waals surface area contributed by atoms with Gasteiger partial charge in [-0.15, -0.1) is 0 Å². The molecule has 214 valence electrons. The molecule has 0 aromatic heterocycles. The molecule has 3 aliphatic heterocycles. The van der Waals surface area contributed by atoms with E-state index in [-0.39, 0.29) is 35.7 Å². The van der Waals surface area contributed by atoms with Crippen molar-refractivity contribution in [3.63, 3.8) is 0 Å². The van der Waals surface area contributed by atoms with Crippen LogP contribution in [0, 0.1) is 25.7 Å². The predicted octanol–water partition coefficient (Wildman–Crippen LogP) is 3.80. The highest BCUT2D eigenvalue weighted by Gasteiger charge is 2.76. The first-order valence-electron chi connectivity index (χ1n) is 13.8. The van der Waals surface area contributed by atoms with Crippen LogP contribution in [0.5, 0.6) is 5.75 Å². The third-order valence-electron chi connectivity index (χ3n) is 8.23. The lowest BCUT2D eigenvalue weighted by Crippen LogP contribution is -2.54. The van der Waals surface area contributed by atoms with Crippen molar-refractivity contribution in [1.29, 1.82) is 0 Å². The largest absolute Gasteiger partial charge is 0.494 e. The van der Waals surface area contributed by atoms with Crippen LogP contribution in [0.15, 0.2) is 42.5 Å². The molecule has 3 heterocycles. The van der Waals surface area contributed by atoms with E-state index in [1.165, 1.54) is 0 Å². The molecule has 40 heavy (non-hydrogen) atoms. The van der Waals surface area contributed by atoms with Gasteiger partial charge in [0.2, 0.25) is 17.7 Å². The van der Waals surface area contributed by atoms with Gasteiger partial charge in [-0.3, -0.25) is 14.4 Å². The standard InChI is InChI=1S/C30H36BrN3O6/c1-4-39-20-11-9-19(10-12-20)32-27(36)23-24-29(38)34(13-5-6-14-35)26(30(24)16-21(31)25(23)40-30)28(37)33-22-15-17(2)7-8-18(22)3/h7-12,15,21,23-26,35H,4-6,13-14,16H2,1-3H3,(H,32,36)(H,33,37)/t21?,23-,24+,25-,26?,30?/m1/s1. The maximum absolute atomic E-state index is 14.0. The van der Waals surface area contributed by atoms with E-state index in [0.29, 0.717) is 43.0 Å². The Hall–Kier alpha value is -2.95. The molecule has 3 amide bonds. The van der Waals surface area contributed by atoms with Crippen molar-refractivity contribution >= 4 is 45.0 Å². The topological polar surface area (TPSA) is 117 Å². The van der Waals surface area contributed by atoms with Crippen LogP contribution in [-0.4, -0.2) is 70.1 Å². The van der Waals surface area contributed by atoms with Crippen molar-refractivity contribution in [1.82, 2.24) is 4.90 Å². The fraction of sp³-hybridized carbons (Fsp3) is 0.500. The van der Waals surface area contributed by atoms with Gasteiger partial charge >= 0.3 is 0 Å². The number of carbonyl (C=O) groups is 3. The van der Waals surface area contributed by atoms with Crippen molar-refractivity contribution in [2.75, 3.05) is 30.4 Å². The Kier molecular flexibility index (Phi) is 8.22. The maximum Gasteiger partial charge on any atom is 0.250 e. The molecule has 6 atom stereocenters. The van der Waals surface area contributed by atoms with Crippen LogP contribution in [0.25, 0.3) is 0 Å². The highest BCUT2D eigenvalue weighted by molar-refractivity contribution is 9.09. The van der Waals surface area contributed by atoms with E-state index in [4.69, 9.17) is 9.47 Å². The summed E-state index contributed by atoms with van der Waals surface area (Å²) in [5.74, 6) is -1.77. The number of hydrogen-bond acceptors (Lipinski definition) is 6. The van der Waals surface area contributed by atoms with E-state index in [1.807, 2.05) is 39.0 Å². The maximum atomic E-state index is 14.0. The number of fused-ring (bicyclic) bond motifs is 1. The molecule has 0 aliphatic carbocycles. The molecule has 3 saturated heterocycles. The first kappa shape index (κ1) is 28.6. The number of unbranched alkanes of at least 4 members (excludes halogenated alkanes) is 1. The fourth-order valence-corrected chi connectivity index (χ4v) is 7.41. The minimum Gasteiger partial charge on any atom is -0.494 e. The van der Waals surface area contributed by atoms with Crippen LogP contribution in [0.1, 0.15) is 37.3 Å². The third kappa shape index (κ3) is 5.01. The molecule has 2 aromatic carbocycles. The van der Waals surface area contributed by atoms with Crippen molar-refractivity contribution in [2.45, 2.75) is 62.6 Å². The summed E-state index contributed by atoms with van der Waals surface area (Å²) in [6, 6.07) is 12.0. The minimum absolute atomic E-state index is 0.00881. The first-order chi connectivity index (χ1) is 19.2. The smallest absolute Gasteiger partial charge is 0.250 e. The summed E-state index contributed by atoms with van der Waals surface area (Å²) in [7, 11) is 0. The van der Waals surface area contributed by atoms with Gasteiger partial charge in [-0.05, 0) is 81.5 Å². The van der Waals surface area contributed by atoms with Crippen molar-refractivity contribution < 1.29 is 29.0 Å². The van der Waals surface area contributed by atoms with Crippen LogP contribution >= 0.6 is 15.9 Å². The average molecular weight is 615 g/mol. The van der Waals surface area contributed by atoms with Gasteiger partial charge < -0.3 is 30.1 Å². The van der Waals surface area contributed by atoms with Gasteiger partial charge in [0.1, 0.15) is 17.4 Å². The monoisotopic (exact) mass is 613 g/mol. The molecule has 2 bridgehead atoms. The molecule has 9 nitrogen and oxygen atoms in total. The molecule has 3 aliphatic rings. The molecule has 1 spiro atoms. The van der Waals surface area contributed by atoms with Gasteiger partial charge in [0.25, 0.3) is 0 Å². The number of nitrogens with zero attached hydrogens (tertiary/aromatic N) is 1. The molecule has 10 heteroatoms. The first-order valence-corrected chi connectivity index (χ1v) is 14.8. The second-order valence-corrected chi connectivity index (χ2v) is 12.1. The van der Waals surface area contributed by atoms with Crippen LogP contribution in [0.3, 0.4) is 0 Å². The Labute approximate surface area is 242 Å². The summed E-state index contributed by atoms with van der Waals surface area (Å²) in [6.45, 7) is 6.59. The lowest BCUT2D eigenvalue weighted by atomic mass is 9.70. The van der Waals surface area contributed by atoms with E-state index < -0.39 is 29.6 Å². The molecule has 3 N–H and O–H groups in total. The number of aryl methyl sites for hydroxylation is 2. The normalized spacial score (nSPS) is 28.5. The zero-order valence-corrected chi connectivity index (χ0v) is 24.6. The molecule has 3 unspecified atom stereocenters. The zero-order valence-electron chi connectivity index (χ0n) is 23.0. The summed E-state index contributed by atoms with van der Waals surface area (Å²) < 4.78 is 12.0. The van der Waals surface area contributed by atoms with Crippen molar-refractivity contribution in [3.8, 4) is 5.75 Å². The van der Waals surface area contributed by atoms with Gasteiger partial charge in [0, 0.05) is 29.4 Å². The summed E-state index contributed by atoms with van der Waals surface area (Å²) in [4.78, 5) is 43.1. The van der Waals surface area contributed by atoms with E-state index >= 15 is 0 Å². The summed E-state index contributed by atoms with van der Waals surface area (Å²) in [5.41, 5.74) is 2.04. The highest BCUT2D eigenvalue weighted by Crippen LogP contribution is 2.60. The number of likely N-dealkylation sites (tertiary alicyclic amines) is 1. The fourth-order valence-electron chi connectivity index (χ4n) is 6.46. The number of ether oxygens (including phenoxy) is 2. The van der Waals surface area contributed by atoms with E-state index in [9.17, 15) is 19.5 Å². The number of nitrogens with one attached hydrogen (secondary N) is 2. The number of rotatable bonds is 10. The molecule has 2 aromatic rings. The summed E-state index contributed by atoms with van der Waals surface area (Å²) in [5, 5.41) is 15.4. The summed E-state index contributed by atoms with van der Waals surface area (Å²) >= 11 is 3.70. The molecule has 3 fully saturated rings. The number of alkyl halides is 1. The highest BCUT2D eigenvalue weighted by atomic mass is 79.9. The van der Waals surface area contributed by atoms with Crippen molar-refractivity contribution in [2.24, 2.45) is 11.8 Å².